The van der Waals surface area contributed by atoms with Crippen molar-refractivity contribution in [1.82, 2.24) is 14.9 Å². The van der Waals surface area contributed by atoms with Crippen molar-refractivity contribution in [2.45, 2.75) is 31.8 Å². The van der Waals surface area contributed by atoms with E-state index in [2.05, 4.69) is 28.5 Å². The molecule has 1 aliphatic carbocycles. The molecule has 1 saturated carbocycles. The van der Waals surface area contributed by atoms with Gasteiger partial charge in [-0.1, -0.05) is 23.7 Å². The fourth-order valence-corrected chi connectivity index (χ4v) is 2.40. The van der Waals surface area contributed by atoms with Crippen molar-refractivity contribution >= 4 is 11.6 Å². The topological polar surface area (TPSA) is 29.9 Å². The molecule has 0 saturated heterocycles. The van der Waals surface area contributed by atoms with E-state index in [-0.39, 0.29) is 0 Å². The van der Waals surface area contributed by atoms with E-state index < -0.39 is 0 Å². The average molecular weight is 276 g/mol. The van der Waals surface area contributed by atoms with Crippen LogP contribution in [-0.2, 0) is 20.0 Å². The van der Waals surface area contributed by atoms with Crippen LogP contribution < -0.4 is 5.32 Å². The third kappa shape index (κ3) is 3.17. The second kappa shape index (κ2) is 5.35. The molecule has 0 aliphatic heterocycles. The lowest BCUT2D eigenvalue weighted by atomic mass is 10.1. The van der Waals surface area contributed by atoms with Gasteiger partial charge in [-0.25, -0.2) is 4.98 Å². The normalized spacial score (nSPS) is 14.8. The van der Waals surface area contributed by atoms with E-state index in [1.165, 1.54) is 18.4 Å². The summed E-state index contributed by atoms with van der Waals surface area (Å²) in [6.07, 6.45) is 7.17. The third-order valence-corrected chi connectivity index (χ3v) is 3.91. The Labute approximate surface area is 118 Å². The number of imidazole rings is 1. The lowest BCUT2D eigenvalue weighted by Gasteiger charge is -2.08. The standard InChI is InChI=1S/C15H18ClN3/c1-19-7-6-17-15(19)9-12-3-2-11(8-14(12)16)10-18-13-4-5-13/h2-3,6-8,13,18H,4-5,9-10H2,1H3. The SMILES string of the molecule is Cn1ccnc1Cc1ccc(CNC2CC2)cc1Cl. The molecule has 0 amide bonds. The van der Waals surface area contributed by atoms with Crippen molar-refractivity contribution in [2.75, 3.05) is 0 Å². The summed E-state index contributed by atoms with van der Waals surface area (Å²) >= 11 is 6.36. The summed E-state index contributed by atoms with van der Waals surface area (Å²) in [6.45, 7) is 0.910. The number of hydrogen-bond acceptors (Lipinski definition) is 2. The molecule has 1 heterocycles. The molecule has 3 nitrogen and oxygen atoms in total. The molecule has 0 radical (unpaired) electrons. The first-order valence-electron chi connectivity index (χ1n) is 6.69. The number of aryl methyl sites for hydroxylation is 1. The first-order chi connectivity index (χ1) is 9.22. The van der Waals surface area contributed by atoms with Crippen LogP contribution in [0.2, 0.25) is 5.02 Å². The highest BCUT2D eigenvalue weighted by Gasteiger charge is 2.20. The largest absolute Gasteiger partial charge is 0.338 e. The Morgan fingerprint density at radius 1 is 1.42 bits per heavy atom. The zero-order valence-corrected chi connectivity index (χ0v) is 11.8. The number of hydrogen-bond donors (Lipinski definition) is 1. The second-order valence-corrected chi connectivity index (χ2v) is 5.62. The van der Waals surface area contributed by atoms with Crippen molar-refractivity contribution in [3.8, 4) is 0 Å². The van der Waals surface area contributed by atoms with E-state index >= 15 is 0 Å². The van der Waals surface area contributed by atoms with Crippen LogP contribution in [0.5, 0.6) is 0 Å². The summed E-state index contributed by atoms with van der Waals surface area (Å²) in [6, 6.07) is 7.06. The molecule has 1 fully saturated rings. The Morgan fingerprint density at radius 2 is 2.26 bits per heavy atom. The van der Waals surface area contributed by atoms with Crippen LogP contribution in [0.4, 0.5) is 0 Å². The highest BCUT2D eigenvalue weighted by atomic mass is 35.5. The molecular weight excluding hydrogens is 258 g/mol. The number of rotatable bonds is 5. The third-order valence-electron chi connectivity index (χ3n) is 3.56. The summed E-state index contributed by atoms with van der Waals surface area (Å²) in [5.41, 5.74) is 2.38. The molecule has 0 spiro atoms. The Hall–Kier alpha value is -1.32. The number of benzene rings is 1. The van der Waals surface area contributed by atoms with E-state index in [0.29, 0.717) is 0 Å². The van der Waals surface area contributed by atoms with Gasteiger partial charge in [-0.15, -0.1) is 0 Å². The van der Waals surface area contributed by atoms with Crippen LogP contribution >= 0.6 is 11.6 Å². The molecule has 1 aromatic carbocycles. The summed E-state index contributed by atoms with van der Waals surface area (Å²) in [5.74, 6) is 1.03. The van der Waals surface area contributed by atoms with Crippen LogP contribution in [0.3, 0.4) is 0 Å². The number of aromatic nitrogens is 2. The predicted octanol–water partition coefficient (Wildman–Crippen LogP) is 2.92. The number of nitrogens with one attached hydrogen (secondary N) is 1. The van der Waals surface area contributed by atoms with E-state index in [9.17, 15) is 0 Å². The van der Waals surface area contributed by atoms with Gasteiger partial charge in [0, 0.05) is 43.5 Å². The van der Waals surface area contributed by atoms with Crippen molar-refractivity contribution in [3.63, 3.8) is 0 Å². The smallest absolute Gasteiger partial charge is 0.112 e. The van der Waals surface area contributed by atoms with Gasteiger partial charge in [0.1, 0.15) is 5.82 Å². The fraction of sp³-hybridized carbons (Fsp3) is 0.400. The first-order valence-corrected chi connectivity index (χ1v) is 7.07. The Morgan fingerprint density at radius 3 is 2.89 bits per heavy atom. The van der Waals surface area contributed by atoms with Crippen molar-refractivity contribution < 1.29 is 0 Å². The van der Waals surface area contributed by atoms with Gasteiger partial charge < -0.3 is 9.88 Å². The zero-order valence-electron chi connectivity index (χ0n) is 11.1. The minimum absolute atomic E-state index is 0.728. The molecule has 0 atom stereocenters. The Bertz CT molecular complexity index is 573. The number of nitrogens with zero attached hydrogens (tertiary/aromatic N) is 2. The second-order valence-electron chi connectivity index (χ2n) is 5.21. The lowest BCUT2D eigenvalue weighted by Crippen LogP contribution is -2.15. The fourth-order valence-electron chi connectivity index (χ4n) is 2.13. The monoisotopic (exact) mass is 275 g/mol. The van der Waals surface area contributed by atoms with E-state index in [1.807, 2.05) is 24.0 Å². The first kappa shape index (κ1) is 12.7. The molecule has 0 bridgehead atoms. The van der Waals surface area contributed by atoms with Gasteiger partial charge in [-0.2, -0.15) is 0 Å². The Kier molecular flexibility index (Phi) is 3.58. The molecule has 1 aromatic heterocycles. The van der Waals surface area contributed by atoms with Gasteiger partial charge >= 0.3 is 0 Å². The highest BCUT2D eigenvalue weighted by molar-refractivity contribution is 6.31. The highest BCUT2D eigenvalue weighted by Crippen LogP contribution is 2.22. The van der Waals surface area contributed by atoms with Crippen LogP contribution in [-0.4, -0.2) is 15.6 Å². The molecular formula is C15H18ClN3. The van der Waals surface area contributed by atoms with Gasteiger partial charge in [0.05, 0.1) is 0 Å². The summed E-state index contributed by atoms with van der Waals surface area (Å²) in [7, 11) is 2.00. The minimum Gasteiger partial charge on any atom is -0.338 e. The van der Waals surface area contributed by atoms with E-state index in [0.717, 1.165) is 35.4 Å². The average Bonchev–Trinajstić information content (AvgIpc) is 3.14. The van der Waals surface area contributed by atoms with Crippen molar-refractivity contribution in [2.24, 2.45) is 7.05 Å². The minimum atomic E-state index is 0.728. The van der Waals surface area contributed by atoms with Crippen molar-refractivity contribution in [3.05, 3.63) is 52.6 Å². The van der Waals surface area contributed by atoms with Gasteiger partial charge in [0.15, 0.2) is 0 Å². The summed E-state index contributed by atoms with van der Waals surface area (Å²) in [5, 5.41) is 4.33. The molecule has 4 heteroatoms. The molecule has 1 N–H and O–H groups in total. The van der Waals surface area contributed by atoms with Gasteiger partial charge in [0.25, 0.3) is 0 Å². The van der Waals surface area contributed by atoms with Gasteiger partial charge in [-0.05, 0) is 30.0 Å². The maximum absolute atomic E-state index is 6.36. The molecule has 3 rings (SSSR count). The van der Waals surface area contributed by atoms with Crippen molar-refractivity contribution in [1.29, 1.82) is 0 Å². The molecule has 2 aromatic rings. The van der Waals surface area contributed by atoms with E-state index in [4.69, 9.17) is 11.6 Å². The van der Waals surface area contributed by atoms with Crippen LogP contribution in [0, 0.1) is 0 Å². The quantitative estimate of drug-likeness (QED) is 0.909. The maximum Gasteiger partial charge on any atom is 0.112 e. The molecule has 19 heavy (non-hydrogen) atoms. The molecule has 100 valence electrons. The predicted molar refractivity (Wildman–Crippen MR) is 77.3 cm³/mol. The van der Waals surface area contributed by atoms with Crippen LogP contribution in [0.15, 0.2) is 30.6 Å². The summed E-state index contributed by atoms with van der Waals surface area (Å²) < 4.78 is 2.03. The lowest BCUT2D eigenvalue weighted by molar-refractivity contribution is 0.687. The maximum atomic E-state index is 6.36. The number of halogens is 1. The van der Waals surface area contributed by atoms with Crippen LogP contribution in [0.1, 0.15) is 29.8 Å². The van der Waals surface area contributed by atoms with Crippen LogP contribution in [0.25, 0.3) is 0 Å². The zero-order chi connectivity index (χ0) is 13.2. The van der Waals surface area contributed by atoms with E-state index in [1.54, 1.807) is 0 Å². The van der Waals surface area contributed by atoms with Gasteiger partial charge in [0.2, 0.25) is 0 Å². The van der Waals surface area contributed by atoms with Gasteiger partial charge in [-0.3, -0.25) is 0 Å². The summed E-state index contributed by atoms with van der Waals surface area (Å²) in [4.78, 5) is 4.33. The Balaban J connectivity index is 1.70. The molecule has 1 aliphatic rings. The molecule has 0 unspecified atom stereocenters.